The van der Waals surface area contributed by atoms with Crippen LogP contribution in [0.2, 0.25) is 0 Å². The maximum atomic E-state index is 10.7. The fourth-order valence-corrected chi connectivity index (χ4v) is 1.74. The van der Waals surface area contributed by atoms with Crippen LogP contribution in [0.5, 0.6) is 0 Å². The van der Waals surface area contributed by atoms with Gasteiger partial charge in [0, 0.05) is 23.5 Å². The Balaban J connectivity index is 4.00. The smallest absolute Gasteiger partial charge is 0.0652 e. The van der Waals surface area contributed by atoms with Crippen molar-refractivity contribution in [3.05, 3.63) is 0 Å². The van der Waals surface area contributed by atoms with Crippen LogP contribution < -0.4 is 0 Å². The lowest BCUT2D eigenvalue weighted by atomic mass is 9.97. The molecule has 0 atom stereocenters. The molecule has 0 aromatic rings. The van der Waals surface area contributed by atoms with Crippen molar-refractivity contribution < 1.29 is 4.21 Å². The average Bonchev–Trinajstić information content (AvgIpc) is 2.01. The van der Waals surface area contributed by atoms with E-state index in [-0.39, 0.29) is 4.75 Å². The molecule has 0 radical (unpaired) electrons. The molecule has 0 saturated heterocycles. The minimum atomic E-state index is 0.0365. The van der Waals surface area contributed by atoms with E-state index in [1.54, 1.807) is 0 Å². The minimum Gasteiger partial charge on any atom is -0.0652 e. The van der Waals surface area contributed by atoms with Crippen LogP contribution in [-0.4, -0.2) is 4.75 Å². The van der Waals surface area contributed by atoms with Gasteiger partial charge in [0.05, 0.1) is 0 Å². The van der Waals surface area contributed by atoms with E-state index in [1.807, 2.05) is 0 Å². The topological polar surface area (TPSA) is 17.1 Å². The summed E-state index contributed by atoms with van der Waals surface area (Å²) in [7, 11) is 0. The molecule has 0 saturated carbocycles. The van der Waals surface area contributed by atoms with E-state index in [2.05, 4.69) is 20.8 Å². The van der Waals surface area contributed by atoms with Crippen molar-refractivity contribution in [2.24, 2.45) is 0 Å². The maximum absolute atomic E-state index is 10.7. The summed E-state index contributed by atoms with van der Waals surface area (Å²) in [5, 5.41) is 0. The van der Waals surface area contributed by atoms with Crippen LogP contribution in [-0.2, 0) is 15.9 Å². The third-order valence-corrected chi connectivity index (χ3v) is 3.31. The Morgan fingerprint density at radius 3 is 1.80 bits per heavy atom. The highest BCUT2D eigenvalue weighted by Crippen LogP contribution is 2.23. The Bertz CT molecular complexity index is 97.4. The Hall–Kier alpha value is 0.0200. The van der Waals surface area contributed by atoms with Gasteiger partial charge in [0.25, 0.3) is 0 Å². The fraction of sp³-hybridized carbons (Fsp3) is 1.00. The molecule has 0 rings (SSSR count). The summed E-state index contributed by atoms with van der Waals surface area (Å²) in [6, 6.07) is 0. The van der Waals surface area contributed by atoms with Crippen LogP contribution in [0.4, 0.5) is 0 Å². The van der Waals surface area contributed by atoms with E-state index in [0.29, 0.717) is 0 Å². The fourth-order valence-electron chi connectivity index (χ4n) is 1.22. The lowest BCUT2D eigenvalue weighted by Crippen LogP contribution is -2.25. The molecule has 0 aromatic carbocycles. The second kappa shape index (κ2) is 4.78. The van der Waals surface area contributed by atoms with Gasteiger partial charge < -0.3 is 0 Å². The number of hydrogen-bond acceptors (Lipinski definition) is 1. The summed E-state index contributed by atoms with van der Waals surface area (Å²) in [5.74, 6) is 0. The maximum Gasteiger partial charge on any atom is 0.465 e. The molecule has 0 N–H and O–H groups in total. The molecular weight excluding hydrogens is 144 g/mol. The Morgan fingerprint density at radius 2 is 1.70 bits per heavy atom. The van der Waals surface area contributed by atoms with Crippen molar-refractivity contribution in [2.45, 2.75) is 51.2 Å². The lowest BCUT2D eigenvalue weighted by molar-refractivity contribution is 0.478. The van der Waals surface area contributed by atoms with Gasteiger partial charge in [-0.1, -0.05) is 27.2 Å². The first kappa shape index (κ1) is 10.0. The standard InChI is InChI=1S/C8H17OS/c1-4-7-8(5-2,6-3)10-9/h4-7H2,1-3H3/q+1. The second-order valence-corrected chi connectivity index (χ2v) is 3.76. The SMILES string of the molecule is CCCC(CC)(CC)[S+]=O. The Kier molecular flexibility index (Phi) is 4.79. The molecule has 2 heteroatoms. The highest BCUT2D eigenvalue weighted by atomic mass is 32.1. The van der Waals surface area contributed by atoms with Gasteiger partial charge in [0.2, 0.25) is 4.75 Å². The van der Waals surface area contributed by atoms with Crippen LogP contribution in [0.3, 0.4) is 0 Å². The summed E-state index contributed by atoms with van der Waals surface area (Å²) < 4.78 is 10.8. The van der Waals surface area contributed by atoms with Crippen LogP contribution in [0.15, 0.2) is 0 Å². The molecule has 0 aromatic heterocycles. The first-order valence-electron chi connectivity index (χ1n) is 4.05. The molecule has 0 aliphatic heterocycles. The van der Waals surface area contributed by atoms with Crippen LogP contribution in [0, 0.1) is 0 Å². The van der Waals surface area contributed by atoms with E-state index in [4.69, 9.17) is 0 Å². The van der Waals surface area contributed by atoms with Gasteiger partial charge in [-0.05, 0) is 0 Å². The normalized spacial score (nSPS) is 11.5. The average molecular weight is 161 g/mol. The molecule has 0 fully saturated rings. The molecule has 0 aliphatic carbocycles. The van der Waals surface area contributed by atoms with Crippen molar-refractivity contribution in [3.8, 4) is 0 Å². The van der Waals surface area contributed by atoms with E-state index in [1.165, 1.54) is 0 Å². The molecular formula is C8H17OS+. The third-order valence-electron chi connectivity index (χ3n) is 2.17. The van der Waals surface area contributed by atoms with Gasteiger partial charge in [0.1, 0.15) is 0 Å². The molecule has 1 nitrogen and oxygen atoms in total. The first-order valence-corrected chi connectivity index (χ1v) is 4.79. The van der Waals surface area contributed by atoms with Gasteiger partial charge in [-0.25, -0.2) is 0 Å². The van der Waals surface area contributed by atoms with Crippen molar-refractivity contribution in [1.82, 2.24) is 0 Å². The zero-order valence-electron chi connectivity index (χ0n) is 7.14. The molecule has 0 amide bonds. The second-order valence-electron chi connectivity index (χ2n) is 2.72. The number of rotatable bonds is 5. The van der Waals surface area contributed by atoms with Crippen molar-refractivity contribution in [3.63, 3.8) is 0 Å². The van der Waals surface area contributed by atoms with Gasteiger partial charge in [-0.15, -0.1) is 0 Å². The van der Waals surface area contributed by atoms with Gasteiger partial charge in [0.15, 0.2) is 0 Å². The quantitative estimate of drug-likeness (QED) is 0.567. The van der Waals surface area contributed by atoms with E-state index in [9.17, 15) is 4.21 Å². The van der Waals surface area contributed by atoms with Crippen LogP contribution in [0.25, 0.3) is 0 Å². The largest absolute Gasteiger partial charge is 0.465 e. The van der Waals surface area contributed by atoms with E-state index < -0.39 is 0 Å². The summed E-state index contributed by atoms with van der Waals surface area (Å²) in [6.45, 7) is 6.34. The van der Waals surface area contributed by atoms with Gasteiger partial charge >= 0.3 is 11.7 Å². The highest BCUT2D eigenvalue weighted by Gasteiger charge is 2.39. The summed E-state index contributed by atoms with van der Waals surface area (Å²) in [6.07, 6.45) is 4.20. The highest BCUT2D eigenvalue weighted by molar-refractivity contribution is 7.67. The first-order chi connectivity index (χ1) is 4.74. The van der Waals surface area contributed by atoms with Crippen molar-refractivity contribution in [2.75, 3.05) is 0 Å². The minimum absolute atomic E-state index is 0.0365. The summed E-state index contributed by atoms with van der Waals surface area (Å²) in [4.78, 5) is 0. The lowest BCUT2D eigenvalue weighted by Gasteiger charge is -2.10. The van der Waals surface area contributed by atoms with Crippen LogP contribution in [0.1, 0.15) is 46.5 Å². The zero-order valence-corrected chi connectivity index (χ0v) is 7.96. The number of hydrogen-bond donors (Lipinski definition) is 0. The molecule has 10 heavy (non-hydrogen) atoms. The van der Waals surface area contributed by atoms with Gasteiger partial charge in [-0.2, -0.15) is 0 Å². The molecule has 60 valence electrons. The Labute approximate surface area is 67.7 Å². The summed E-state index contributed by atoms with van der Waals surface area (Å²) >= 11 is 0.792. The molecule has 0 bridgehead atoms. The molecule has 0 heterocycles. The predicted octanol–water partition coefficient (Wildman–Crippen LogP) is 2.77. The van der Waals surface area contributed by atoms with Gasteiger partial charge in [-0.3, -0.25) is 0 Å². The zero-order chi connectivity index (χ0) is 8.04. The van der Waals surface area contributed by atoms with E-state index in [0.717, 1.165) is 37.3 Å². The summed E-state index contributed by atoms with van der Waals surface area (Å²) in [5.41, 5.74) is 0. The van der Waals surface area contributed by atoms with Crippen molar-refractivity contribution in [1.29, 1.82) is 0 Å². The predicted molar refractivity (Wildman–Crippen MR) is 46.3 cm³/mol. The molecule has 0 unspecified atom stereocenters. The molecule has 0 aliphatic rings. The van der Waals surface area contributed by atoms with Crippen LogP contribution >= 0.6 is 0 Å². The Morgan fingerprint density at radius 1 is 1.20 bits per heavy atom. The van der Waals surface area contributed by atoms with Crippen molar-refractivity contribution >= 4 is 11.7 Å². The molecule has 0 spiro atoms. The van der Waals surface area contributed by atoms with E-state index >= 15 is 0 Å². The monoisotopic (exact) mass is 161 g/mol. The third kappa shape index (κ3) is 2.33.